The predicted molar refractivity (Wildman–Crippen MR) is 130 cm³/mol. The summed E-state index contributed by atoms with van der Waals surface area (Å²) in [4.78, 5) is 0. The zero-order valence-electron chi connectivity index (χ0n) is 19.2. The van der Waals surface area contributed by atoms with Crippen LogP contribution in [0.1, 0.15) is 46.1 Å². The molecule has 0 N–H and O–H groups in total. The second-order valence-electron chi connectivity index (χ2n) is 7.93. The Bertz CT molecular complexity index is 944. The van der Waals surface area contributed by atoms with E-state index in [0.717, 1.165) is 11.3 Å². The molecule has 4 heteroatoms. The molecule has 2 atom stereocenters. The van der Waals surface area contributed by atoms with Gasteiger partial charge in [-0.05, 0) is 24.2 Å². The first-order valence-electron chi connectivity index (χ1n) is 10.6. The molecule has 0 amide bonds. The molecule has 0 aliphatic rings. The number of fused-ring (bicyclic) bond motifs is 2. The molecule has 4 aromatic rings. The molecule has 0 spiro atoms. The Balaban J connectivity index is 0.000000596. The van der Waals surface area contributed by atoms with Gasteiger partial charge in [0.05, 0.1) is 0 Å². The molecule has 0 aliphatic heterocycles. The first-order valence-corrected chi connectivity index (χ1v) is 12.1. The molecule has 31 heavy (non-hydrogen) atoms. The van der Waals surface area contributed by atoms with Gasteiger partial charge in [-0.15, -0.1) is 80.9 Å². The fourth-order valence-electron chi connectivity index (χ4n) is 3.93. The average molecular weight is 507 g/mol. The number of rotatable bonds is 5. The van der Waals surface area contributed by atoms with E-state index in [1.807, 2.05) is 0 Å². The molecule has 0 radical (unpaired) electrons. The first kappa shape index (κ1) is 30.4. The minimum atomic E-state index is -0.0252. The molecule has 0 saturated heterocycles. The third-order valence-electron chi connectivity index (χ3n) is 5.79. The fraction of sp³-hybridized carbons (Fsp3) is 0.333. The van der Waals surface area contributed by atoms with Crippen molar-refractivity contribution in [1.82, 2.24) is 0 Å². The molecule has 0 nitrogen and oxygen atoms in total. The molecule has 4 rings (SSSR count). The van der Waals surface area contributed by atoms with Crippen molar-refractivity contribution in [3.05, 3.63) is 78.4 Å². The maximum atomic E-state index is 2.43. The predicted octanol–water partition coefficient (Wildman–Crippen LogP) is 2.14. The van der Waals surface area contributed by atoms with Crippen LogP contribution in [0.4, 0.5) is 0 Å². The Morgan fingerprint density at radius 1 is 0.742 bits per heavy atom. The number of benzene rings is 2. The molecule has 0 bridgehead atoms. The van der Waals surface area contributed by atoms with E-state index in [9.17, 15) is 0 Å². The maximum absolute atomic E-state index is 2.43. The van der Waals surface area contributed by atoms with Crippen LogP contribution in [0.5, 0.6) is 0 Å². The summed E-state index contributed by atoms with van der Waals surface area (Å²) in [6, 6.07) is 26.4. The van der Waals surface area contributed by atoms with Gasteiger partial charge < -0.3 is 24.8 Å². The van der Waals surface area contributed by atoms with Gasteiger partial charge in [-0.25, -0.2) is 0 Å². The zero-order valence-corrected chi connectivity index (χ0v) is 23.2. The molecule has 0 fully saturated rings. The molecule has 164 valence electrons. The third kappa shape index (κ3) is 7.73. The summed E-state index contributed by atoms with van der Waals surface area (Å²) < 4.78 is 0. The van der Waals surface area contributed by atoms with Crippen LogP contribution >= 0.6 is 7.92 Å². The first-order chi connectivity index (χ1) is 13.5. The van der Waals surface area contributed by atoms with Crippen LogP contribution in [-0.2, 0) is 21.7 Å². The van der Waals surface area contributed by atoms with E-state index < -0.39 is 0 Å². The van der Waals surface area contributed by atoms with Crippen molar-refractivity contribution in [1.29, 1.82) is 0 Å². The van der Waals surface area contributed by atoms with Gasteiger partial charge in [0, 0.05) is 0 Å². The smallest absolute Gasteiger partial charge is 1.00 e. The third-order valence-corrected chi connectivity index (χ3v) is 9.28. The SMILES string of the molecule is CCC(C)P(c1cc2ccccc2[cH-]1)C(C)CC.Cc1cc2ccccc2[cH-]1.[Cl-].[Cl-].[Ti+4]. The van der Waals surface area contributed by atoms with Gasteiger partial charge in [0.1, 0.15) is 0 Å². The van der Waals surface area contributed by atoms with Crippen LogP contribution in [0.2, 0.25) is 0 Å². The van der Waals surface area contributed by atoms with Gasteiger partial charge in [0.15, 0.2) is 0 Å². The van der Waals surface area contributed by atoms with Crippen molar-refractivity contribution in [3.63, 3.8) is 0 Å². The van der Waals surface area contributed by atoms with Gasteiger partial charge in [-0.1, -0.05) is 54.7 Å². The number of halogens is 2. The van der Waals surface area contributed by atoms with Crippen LogP contribution < -0.4 is 30.1 Å². The van der Waals surface area contributed by atoms with Gasteiger partial charge in [-0.3, -0.25) is 0 Å². The van der Waals surface area contributed by atoms with E-state index in [4.69, 9.17) is 0 Å². The summed E-state index contributed by atoms with van der Waals surface area (Å²) in [7, 11) is -0.0252. The van der Waals surface area contributed by atoms with Crippen molar-refractivity contribution in [2.75, 3.05) is 0 Å². The summed E-state index contributed by atoms with van der Waals surface area (Å²) >= 11 is 0. The second kappa shape index (κ2) is 14.5. The van der Waals surface area contributed by atoms with Crippen molar-refractivity contribution in [2.45, 2.75) is 58.8 Å². The molecule has 0 aromatic heterocycles. The van der Waals surface area contributed by atoms with E-state index >= 15 is 0 Å². The summed E-state index contributed by atoms with van der Waals surface area (Å²) in [5.41, 5.74) is 3.00. The Labute approximate surface area is 217 Å². The average Bonchev–Trinajstić information content (AvgIpc) is 3.30. The normalized spacial score (nSPS) is 13.1. The van der Waals surface area contributed by atoms with Crippen molar-refractivity contribution in [3.8, 4) is 0 Å². The van der Waals surface area contributed by atoms with Gasteiger partial charge in [0.25, 0.3) is 0 Å². The van der Waals surface area contributed by atoms with Crippen molar-refractivity contribution >= 4 is 34.8 Å². The van der Waals surface area contributed by atoms with Crippen LogP contribution in [0.3, 0.4) is 0 Å². The van der Waals surface area contributed by atoms with Crippen LogP contribution in [-0.4, -0.2) is 11.3 Å². The summed E-state index contributed by atoms with van der Waals surface area (Å²) in [6.07, 6.45) is 2.58. The molecule has 0 heterocycles. The molecule has 2 unspecified atom stereocenters. The van der Waals surface area contributed by atoms with Crippen LogP contribution in [0, 0.1) is 6.92 Å². The van der Waals surface area contributed by atoms with Gasteiger partial charge in [-0.2, -0.15) is 12.1 Å². The minimum absolute atomic E-state index is 0. The van der Waals surface area contributed by atoms with E-state index in [1.54, 1.807) is 5.30 Å². The number of hydrogen-bond acceptors (Lipinski definition) is 0. The minimum Gasteiger partial charge on any atom is -1.00 e. The van der Waals surface area contributed by atoms with Crippen molar-refractivity contribution in [2.24, 2.45) is 0 Å². The Morgan fingerprint density at radius 2 is 1.19 bits per heavy atom. The monoisotopic (exact) mass is 506 g/mol. The van der Waals surface area contributed by atoms with E-state index in [2.05, 4.69) is 107 Å². The molecular formula is C27H33Cl2PTi. The number of aryl methyl sites for hydroxylation is 1. The van der Waals surface area contributed by atoms with E-state index in [-0.39, 0.29) is 54.5 Å². The van der Waals surface area contributed by atoms with Crippen LogP contribution in [0.15, 0.2) is 72.8 Å². The van der Waals surface area contributed by atoms with Crippen molar-refractivity contribution < 1.29 is 46.5 Å². The number of hydrogen-bond donors (Lipinski definition) is 0. The standard InChI is InChI=1S/C17H24P.C10H9.2ClH.Ti/c1-5-13(3)18(14(4)6-2)17-11-15-9-7-8-10-16(15)12-17;1-8-6-9-4-2-3-5-10(9)7-8;;;/h7-14H,5-6H2,1-4H3;2-7H,1H3;2*1H;/q2*-1;;;+4/p-2. The Kier molecular flexibility index (Phi) is 14.2. The molecule has 4 aromatic carbocycles. The summed E-state index contributed by atoms with van der Waals surface area (Å²) in [5, 5.41) is 7.12. The summed E-state index contributed by atoms with van der Waals surface area (Å²) in [6.45, 7) is 11.6. The Morgan fingerprint density at radius 3 is 1.65 bits per heavy atom. The molecule has 0 aliphatic carbocycles. The zero-order chi connectivity index (χ0) is 20.1. The molecule has 0 saturated carbocycles. The molecular weight excluding hydrogens is 474 g/mol. The fourth-order valence-corrected chi connectivity index (χ4v) is 7.18. The maximum Gasteiger partial charge on any atom is 4.00 e. The Hall–Kier alpha value is -0.616. The van der Waals surface area contributed by atoms with Gasteiger partial charge in [0.2, 0.25) is 0 Å². The van der Waals surface area contributed by atoms with Gasteiger partial charge >= 0.3 is 21.7 Å². The topological polar surface area (TPSA) is 0 Å². The van der Waals surface area contributed by atoms with E-state index in [0.29, 0.717) is 0 Å². The quantitative estimate of drug-likeness (QED) is 0.221. The largest absolute Gasteiger partial charge is 4.00 e. The second-order valence-corrected chi connectivity index (χ2v) is 11.0. The summed E-state index contributed by atoms with van der Waals surface area (Å²) in [5.74, 6) is 0. The van der Waals surface area contributed by atoms with Crippen LogP contribution in [0.25, 0.3) is 21.5 Å². The van der Waals surface area contributed by atoms with E-state index in [1.165, 1.54) is 39.9 Å².